The number of nitrogens with zero attached hydrogens (tertiary/aromatic N) is 2. The molecule has 0 aromatic carbocycles. The molecule has 86 valence electrons. The molecule has 0 bridgehead atoms. The second-order valence-corrected chi connectivity index (χ2v) is 5.07. The summed E-state index contributed by atoms with van der Waals surface area (Å²) in [5.41, 5.74) is 5.32. The first kappa shape index (κ1) is 12.5. The summed E-state index contributed by atoms with van der Waals surface area (Å²) in [6, 6.07) is 0. The van der Waals surface area contributed by atoms with Gasteiger partial charge < -0.3 is 15.4 Å². The van der Waals surface area contributed by atoms with Crippen LogP contribution in [0.4, 0.5) is 0 Å². The molecule has 1 rings (SSSR count). The van der Waals surface area contributed by atoms with E-state index in [1.807, 2.05) is 0 Å². The second kappa shape index (κ2) is 6.09. The molecular formula is C9H17N3O2S. The van der Waals surface area contributed by atoms with Crippen LogP contribution in [-0.4, -0.2) is 27.0 Å². The van der Waals surface area contributed by atoms with Crippen LogP contribution in [0.3, 0.4) is 0 Å². The molecule has 1 aromatic rings. The Morgan fingerprint density at radius 2 is 2.27 bits per heavy atom. The zero-order valence-electron chi connectivity index (χ0n) is 9.01. The molecule has 1 atom stereocenters. The van der Waals surface area contributed by atoms with Crippen molar-refractivity contribution in [3.8, 4) is 0 Å². The van der Waals surface area contributed by atoms with E-state index in [9.17, 15) is 5.11 Å². The number of aromatic nitrogens is 2. The van der Waals surface area contributed by atoms with E-state index in [0.29, 0.717) is 29.8 Å². The van der Waals surface area contributed by atoms with E-state index < -0.39 is 6.10 Å². The fourth-order valence-corrected chi connectivity index (χ4v) is 1.58. The number of thioether (sulfide) groups is 1. The van der Waals surface area contributed by atoms with Gasteiger partial charge in [-0.15, -0.1) is 0 Å². The first-order valence-electron chi connectivity index (χ1n) is 4.95. The first-order chi connectivity index (χ1) is 7.13. The molecule has 3 N–H and O–H groups in total. The number of nitrogens with two attached hydrogens (primary N) is 1. The maximum Gasteiger partial charge on any atom is 0.255 e. The monoisotopic (exact) mass is 231 g/mol. The molecule has 0 radical (unpaired) electrons. The van der Waals surface area contributed by atoms with E-state index >= 15 is 0 Å². The highest BCUT2D eigenvalue weighted by molar-refractivity contribution is 7.99. The van der Waals surface area contributed by atoms with Crippen LogP contribution in [0.15, 0.2) is 4.52 Å². The molecule has 1 unspecified atom stereocenters. The Morgan fingerprint density at radius 3 is 2.87 bits per heavy atom. The van der Waals surface area contributed by atoms with Crippen LogP contribution < -0.4 is 5.73 Å². The highest BCUT2D eigenvalue weighted by Gasteiger charge is 2.15. The van der Waals surface area contributed by atoms with E-state index in [4.69, 9.17) is 10.3 Å². The number of aliphatic hydroxyl groups excluding tert-OH is 1. The van der Waals surface area contributed by atoms with Crippen molar-refractivity contribution >= 4 is 11.8 Å². The van der Waals surface area contributed by atoms with Crippen LogP contribution in [-0.2, 0) is 5.75 Å². The summed E-state index contributed by atoms with van der Waals surface area (Å²) in [6.45, 7) is 4.61. The second-order valence-electron chi connectivity index (χ2n) is 3.50. The molecule has 0 aliphatic rings. The normalized spacial score (nSPS) is 13.4. The Morgan fingerprint density at radius 1 is 1.53 bits per heavy atom. The third kappa shape index (κ3) is 4.19. The van der Waals surface area contributed by atoms with Gasteiger partial charge in [-0.05, 0) is 18.2 Å². The molecule has 15 heavy (non-hydrogen) atoms. The first-order valence-corrected chi connectivity index (χ1v) is 6.00. The summed E-state index contributed by atoms with van der Waals surface area (Å²) in [4.78, 5) is 4.10. The minimum Gasteiger partial charge on any atom is -0.383 e. The van der Waals surface area contributed by atoms with Crippen molar-refractivity contribution in [3.05, 3.63) is 11.7 Å². The van der Waals surface area contributed by atoms with Crippen molar-refractivity contribution in [1.29, 1.82) is 0 Å². The topological polar surface area (TPSA) is 85.2 Å². The zero-order valence-corrected chi connectivity index (χ0v) is 9.83. The lowest BCUT2D eigenvalue weighted by Crippen LogP contribution is -2.07. The number of aliphatic hydroxyl groups is 1. The van der Waals surface area contributed by atoms with Crippen LogP contribution in [0.2, 0.25) is 0 Å². The molecule has 5 nitrogen and oxygen atoms in total. The van der Waals surface area contributed by atoms with Crippen LogP contribution in [0.25, 0.3) is 0 Å². The van der Waals surface area contributed by atoms with Crippen molar-refractivity contribution in [2.75, 3.05) is 6.54 Å². The van der Waals surface area contributed by atoms with Gasteiger partial charge in [0, 0.05) is 0 Å². The molecule has 0 spiro atoms. The molecule has 1 heterocycles. The summed E-state index contributed by atoms with van der Waals surface area (Å²) >= 11 is 1.73. The van der Waals surface area contributed by atoms with Gasteiger partial charge in [-0.1, -0.05) is 19.0 Å². The van der Waals surface area contributed by atoms with Gasteiger partial charge in [0.2, 0.25) is 0 Å². The van der Waals surface area contributed by atoms with Crippen LogP contribution >= 0.6 is 11.8 Å². The van der Waals surface area contributed by atoms with Crippen molar-refractivity contribution < 1.29 is 9.63 Å². The SMILES string of the molecule is CC(C)SCc1noc(C(O)CCN)n1. The lowest BCUT2D eigenvalue weighted by Gasteiger charge is -2.01. The Hall–Kier alpha value is -0.590. The highest BCUT2D eigenvalue weighted by Crippen LogP contribution is 2.18. The van der Waals surface area contributed by atoms with Gasteiger partial charge in [-0.2, -0.15) is 16.7 Å². The molecule has 0 saturated heterocycles. The quantitative estimate of drug-likeness (QED) is 0.762. The minimum atomic E-state index is -0.736. The fourth-order valence-electron chi connectivity index (χ4n) is 0.984. The average molecular weight is 231 g/mol. The average Bonchev–Trinajstić information content (AvgIpc) is 2.63. The van der Waals surface area contributed by atoms with Gasteiger partial charge in [0.25, 0.3) is 5.89 Å². The van der Waals surface area contributed by atoms with Gasteiger partial charge in [-0.25, -0.2) is 0 Å². The van der Waals surface area contributed by atoms with Gasteiger partial charge in [0.15, 0.2) is 5.82 Å². The van der Waals surface area contributed by atoms with Crippen molar-refractivity contribution in [1.82, 2.24) is 10.1 Å². The third-order valence-corrected chi connectivity index (χ3v) is 2.85. The van der Waals surface area contributed by atoms with Crippen molar-refractivity contribution in [2.24, 2.45) is 5.73 Å². The summed E-state index contributed by atoms with van der Waals surface area (Å²) in [5.74, 6) is 1.59. The molecule has 0 fully saturated rings. The maximum atomic E-state index is 9.53. The minimum absolute atomic E-state index is 0.264. The Balaban J connectivity index is 2.48. The molecule has 0 aliphatic carbocycles. The lowest BCUT2D eigenvalue weighted by atomic mass is 10.2. The standard InChI is InChI=1S/C9H17N3O2S/c1-6(2)15-5-8-11-9(14-12-8)7(13)3-4-10/h6-7,13H,3-5,10H2,1-2H3. The van der Waals surface area contributed by atoms with Gasteiger partial charge in [0.1, 0.15) is 6.10 Å². The molecule has 0 amide bonds. The number of hydrogen-bond acceptors (Lipinski definition) is 6. The highest BCUT2D eigenvalue weighted by atomic mass is 32.2. The number of hydrogen-bond donors (Lipinski definition) is 2. The lowest BCUT2D eigenvalue weighted by molar-refractivity contribution is 0.127. The van der Waals surface area contributed by atoms with Gasteiger partial charge in [-0.3, -0.25) is 0 Å². The fraction of sp³-hybridized carbons (Fsp3) is 0.778. The molecule has 0 saturated carbocycles. The van der Waals surface area contributed by atoms with Crippen molar-refractivity contribution in [3.63, 3.8) is 0 Å². The molecular weight excluding hydrogens is 214 g/mol. The Labute approximate surface area is 93.4 Å². The summed E-state index contributed by atoms with van der Waals surface area (Å²) in [6.07, 6.45) is -0.292. The summed E-state index contributed by atoms with van der Waals surface area (Å²) < 4.78 is 4.93. The Bertz CT molecular complexity index is 291. The van der Waals surface area contributed by atoms with Crippen LogP contribution in [0, 0.1) is 0 Å². The van der Waals surface area contributed by atoms with Gasteiger partial charge >= 0.3 is 0 Å². The van der Waals surface area contributed by atoms with E-state index in [2.05, 4.69) is 24.0 Å². The predicted octanol–water partition coefficient (Wildman–Crippen LogP) is 1.09. The van der Waals surface area contributed by atoms with Crippen molar-refractivity contribution in [2.45, 2.75) is 37.4 Å². The Kier molecular flexibility index (Phi) is 5.07. The summed E-state index contributed by atoms with van der Waals surface area (Å²) in [7, 11) is 0. The maximum absolute atomic E-state index is 9.53. The van der Waals surface area contributed by atoms with E-state index in [0.717, 1.165) is 0 Å². The largest absolute Gasteiger partial charge is 0.383 e. The third-order valence-electron chi connectivity index (χ3n) is 1.75. The summed E-state index contributed by atoms with van der Waals surface area (Å²) in [5, 5.41) is 13.8. The van der Waals surface area contributed by atoms with E-state index in [1.165, 1.54) is 0 Å². The zero-order chi connectivity index (χ0) is 11.3. The predicted molar refractivity (Wildman–Crippen MR) is 59.4 cm³/mol. The number of rotatable bonds is 6. The smallest absolute Gasteiger partial charge is 0.255 e. The molecule has 0 aliphatic heterocycles. The van der Waals surface area contributed by atoms with Crippen LogP contribution in [0.1, 0.15) is 38.1 Å². The van der Waals surface area contributed by atoms with E-state index in [-0.39, 0.29) is 5.89 Å². The van der Waals surface area contributed by atoms with Gasteiger partial charge in [0.05, 0.1) is 5.75 Å². The molecule has 1 aromatic heterocycles. The van der Waals surface area contributed by atoms with E-state index in [1.54, 1.807) is 11.8 Å². The molecule has 6 heteroatoms. The van der Waals surface area contributed by atoms with Crippen LogP contribution in [0.5, 0.6) is 0 Å².